The molecule has 1 aliphatic rings. The number of alkyl halides is 3. The molecule has 4 rings (SSSR count). The van der Waals surface area contributed by atoms with Gasteiger partial charge in [0, 0.05) is 17.2 Å². The Labute approximate surface area is 211 Å². The predicted octanol–water partition coefficient (Wildman–Crippen LogP) is 5.26. The van der Waals surface area contributed by atoms with E-state index in [2.05, 4.69) is 20.5 Å². The molecule has 1 amide bonds. The van der Waals surface area contributed by atoms with Crippen LogP contribution < -0.4 is 19.6 Å². The fraction of sp³-hybridized carbons (Fsp3) is 0.308. The normalized spacial score (nSPS) is 14.1. The van der Waals surface area contributed by atoms with E-state index in [9.17, 15) is 18.0 Å². The van der Waals surface area contributed by atoms with Crippen LogP contribution in [0.1, 0.15) is 47.3 Å². The van der Waals surface area contributed by atoms with Crippen molar-refractivity contribution in [2.75, 3.05) is 14.2 Å². The number of hydrazone groups is 1. The van der Waals surface area contributed by atoms with Crippen LogP contribution in [0.4, 0.5) is 13.2 Å². The van der Waals surface area contributed by atoms with Gasteiger partial charge in [0.05, 0.1) is 50.2 Å². The molecule has 1 aromatic heterocycles. The Kier molecular flexibility index (Phi) is 7.90. The molecule has 0 saturated heterocycles. The first-order valence-corrected chi connectivity index (χ1v) is 11.5. The third kappa shape index (κ3) is 6.54. The van der Waals surface area contributed by atoms with Crippen LogP contribution in [0.5, 0.6) is 17.2 Å². The number of hydrogen-bond acceptors (Lipinski definition) is 7. The van der Waals surface area contributed by atoms with Crippen LogP contribution in [0.3, 0.4) is 0 Å². The summed E-state index contributed by atoms with van der Waals surface area (Å²) in [7, 11) is 3.01. The first-order valence-electron chi connectivity index (χ1n) is 11.5. The van der Waals surface area contributed by atoms with Crippen molar-refractivity contribution in [1.82, 2.24) is 15.4 Å². The van der Waals surface area contributed by atoms with E-state index in [-0.39, 0.29) is 28.8 Å². The Bertz CT molecular complexity index is 1270. The van der Waals surface area contributed by atoms with Crippen molar-refractivity contribution < 1.29 is 32.2 Å². The second kappa shape index (κ2) is 11.3. The Morgan fingerprint density at radius 1 is 1.03 bits per heavy atom. The zero-order valence-corrected chi connectivity index (χ0v) is 20.2. The van der Waals surface area contributed by atoms with Gasteiger partial charge in [-0.3, -0.25) is 9.78 Å². The lowest BCUT2D eigenvalue weighted by molar-refractivity contribution is -0.137. The number of halogens is 3. The van der Waals surface area contributed by atoms with E-state index < -0.39 is 17.6 Å². The highest BCUT2D eigenvalue weighted by atomic mass is 19.4. The van der Waals surface area contributed by atoms with E-state index in [1.54, 1.807) is 18.2 Å². The Morgan fingerprint density at radius 2 is 1.73 bits per heavy atom. The number of hydrogen-bond donors (Lipinski definition) is 1. The molecule has 0 atom stereocenters. The van der Waals surface area contributed by atoms with E-state index in [1.165, 1.54) is 38.8 Å². The maximum atomic E-state index is 13.9. The van der Waals surface area contributed by atoms with Gasteiger partial charge in [-0.2, -0.15) is 18.3 Å². The molecule has 1 fully saturated rings. The molecule has 0 aliphatic heterocycles. The Balaban J connectivity index is 1.54. The summed E-state index contributed by atoms with van der Waals surface area (Å²) in [6, 6.07) is 8.76. The van der Waals surface area contributed by atoms with Crippen molar-refractivity contribution in [3.8, 4) is 28.5 Å². The average molecular weight is 515 g/mol. The number of methoxy groups -OCH3 is 2. The van der Waals surface area contributed by atoms with Crippen LogP contribution in [0.15, 0.2) is 53.9 Å². The van der Waals surface area contributed by atoms with E-state index in [0.717, 1.165) is 37.9 Å². The Morgan fingerprint density at radius 3 is 2.38 bits per heavy atom. The number of benzene rings is 2. The number of amides is 1. The van der Waals surface area contributed by atoms with Crippen molar-refractivity contribution in [3.63, 3.8) is 0 Å². The molecule has 0 unspecified atom stereocenters. The fourth-order valence-corrected chi connectivity index (χ4v) is 3.99. The van der Waals surface area contributed by atoms with Gasteiger partial charge in [0.1, 0.15) is 22.9 Å². The number of nitrogens with zero attached hydrogens (tertiary/aromatic N) is 3. The lowest BCUT2D eigenvalue weighted by Crippen LogP contribution is -2.19. The molecule has 3 aromatic rings. The van der Waals surface area contributed by atoms with Crippen LogP contribution in [0, 0.1) is 0 Å². The van der Waals surface area contributed by atoms with Crippen LogP contribution >= 0.6 is 0 Å². The van der Waals surface area contributed by atoms with Gasteiger partial charge in [0.25, 0.3) is 5.91 Å². The van der Waals surface area contributed by atoms with Gasteiger partial charge in [0.2, 0.25) is 0 Å². The molecule has 2 aromatic carbocycles. The molecule has 1 N–H and O–H groups in total. The minimum atomic E-state index is -4.66. The van der Waals surface area contributed by atoms with Crippen molar-refractivity contribution in [2.45, 2.75) is 38.0 Å². The molecular weight excluding hydrogens is 489 g/mol. The molecule has 1 saturated carbocycles. The lowest BCUT2D eigenvalue weighted by Gasteiger charge is -2.17. The van der Waals surface area contributed by atoms with Crippen molar-refractivity contribution in [2.24, 2.45) is 5.10 Å². The maximum absolute atomic E-state index is 13.9. The summed E-state index contributed by atoms with van der Waals surface area (Å²) in [6.45, 7) is 0. The van der Waals surface area contributed by atoms with E-state index >= 15 is 0 Å². The molecule has 0 bridgehead atoms. The van der Waals surface area contributed by atoms with Gasteiger partial charge < -0.3 is 14.2 Å². The number of aromatic nitrogens is 2. The van der Waals surface area contributed by atoms with Gasteiger partial charge in [-0.15, -0.1) is 0 Å². The molecule has 11 heteroatoms. The number of carbonyl (C=O) groups is 1. The summed E-state index contributed by atoms with van der Waals surface area (Å²) < 4.78 is 57.8. The third-order valence-electron chi connectivity index (χ3n) is 5.80. The second-order valence-corrected chi connectivity index (χ2v) is 8.36. The highest BCUT2D eigenvalue weighted by Crippen LogP contribution is 2.39. The third-order valence-corrected chi connectivity index (χ3v) is 5.80. The van der Waals surface area contributed by atoms with Gasteiger partial charge in [-0.25, -0.2) is 10.4 Å². The SMILES string of the molecule is COc1cc(C=NNC(=O)c2cncc(-c3ccc(OC4CCCC4)cc3C(F)(F)F)n2)cc(OC)c1. The summed E-state index contributed by atoms with van der Waals surface area (Å²) in [5.74, 6) is 0.472. The Hall–Kier alpha value is -4.15. The molecule has 0 radical (unpaired) electrons. The summed E-state index contributed by atoms with van der Waals surface area (Å²) in [5, 5.41) is 3.89. The zero-order chi connectivity index (χ0) is 26.4. The first kappa shape index (κ1) is 25.9. The highest BCUT2D eigenvalue weighted by molar-refractivity contribution is 5.93. The summed E-state index contributed by atoms with van der Waals surface area (Å²) in [5.41, 5.74) is 1.46. The minimum Gasteiger partial charge on any atom is -0.497 e. The monoisotopic (exact) mass is 514 g/mol. The molecule has 1 heterocycles. The van der Waals surface area contributed by atoms with Crippen molar-refractivity contribution in [1.29, 1.82) is 0 Å². The van der Waals surface area contributed by atoms with Crippen LogP contribution in [-0.2, 0) is 6.18 Å². The van der Waals surface area contributed by atoms with Crippen molar-refractivity contribution in [3.05, 3.63) is 65.6 Å². The fourth-order valence-electron chi connectivity index (χ4n) is 3.99. The minimum absolute atomic E-state index is 0.0858. The van der Waals surface area contributed by atoms with E-state index in [0.29, 0.717) is 17.1 Å². The molecule has 0 spiro atoms. The zero-order valence-electron chi connectivity index (χ0n) is 20.2. The highest BCUT2D eigenvalue weighted by Gasteiger charge is 2.35. The quantitative estimate of drug-likeness (QED) is 0.325. The number of nitrogens with one attached hydrogen (secondary N) is 1. The standard InChI is InChI=1S/C26H25F3N4O4/c1-35-19-9-16(10-20(11-19)36-2)13-31-33-25(34)24-15-30-14-23(32-24)21-8-7-18(12-22(21)26(27,28)29)37-17-5-3-4-6-17/h7-15,17H,3-6H2,1-2H3,(H,33,34). The smallest absolute Gasteiger partial charge is 0.417 e. The number of ether oxygens (including phenoxy) is 3. The van der Waals surface area contributed by atoms with Crippen LogP contribution in [0.25, 0.3) is 11.3 Å². The summed E-state index contributed by atoms with van der Waals surface area (Å²) in [6.07, 6.45) is 2.57. The van der Waals surface area contributed by atoms with Gasteiger partial charge in [-0.1, -0.05) is 0 Å². The molecular formula is C26H25F3N4O4. The summed E-state index contributed by atoms with van der Waals surface area (Å²) in [4.78, 5) is 20.6. The van der Waals surface area contributed by atoms with E-state index in [1.807, 2.05) is 0 Å². The maximum Gasteiger partial charge on any atom is 0.417 e. The molecule has 8 nitrogen and oxygen atoms in total. The largest absolute Gasteiger partial charge is 0.497 e. The van der Waals surface area contributed by atoms with Gasteiger partial charge in [-0.05, 0) is 56.0 Å². The van der Waals surface area contributed by atoms with Crippen LogP contribution in [0.2, 0.25) is 0 Å². The lowest BCUT2D eigenvalue weighted by atomic mass is 10.0. The summed E-state index contributed by atoms with van der Waals surface area (Å²) >= 11 is 0. The first-order chi connectivity index (χ1) is 17.8. The topological polar surface area (TPSA) is 94.9 Å². The predicted molar refractivity (Wildman–Crippen MR) is 130 cm³/mol. The van der Waals surface area contributed by atoms with Crippen LogP contribution in [-0.4, -0.2) is 42.4 Å². The number of carbonyl (C=O) groups excluding carboxylic acids is 1. The molecule has 1 aliphatic carbocycles. The second-order valence-electron chi connectivity index (χ2n) is 8.36. The van der Waals surface area contributed by atoms with Crippen molar-refractivity contribution >= 4 is 12.1 Å². The van der Waals surface area contributed by atoms with Gasteiger partial charge in [0.15, 0.2) is 0 Å². The average Bonchev–Trinajstić information content (AvgIpc) is 3.41. The molecule has 37 heavy (non-hydrogen) atoms. The molecule has 194 valence electrons. The number of rotatable bonds is 8. The van der Waals surface area contributed by atoms with Gasteiger partial charge >= 0.3 is 6.18 Å². The van der Waals surface area contributed by atoms with E-state index in [4.69, 9.17) is 14.2 Å².